The quantitative estimate of drug-likeness (QED) is 0.791. The van der Waals surface area contributed by atoms with Crippen LogP contribution in [-0.4, -0.2) is 43.0 Å². The second-order valence-corrected chi connectivity index (χ2v) is 6.21. The molecule has 0 aromatic heterocycles. The van der Waals surface area contributed by atoms with Crippen molar-refractivity contribution in [3.8, 4) is 0 Å². The molecule has 0 aliphatic carbocycles. The van der Waals surface area contributed by atoms with Gasteiger partial charge in [-0.1, -0.05) is 17.7 Å². The fourth-order valence-corrected chi connectivity index (χ4v) is 2.93. The lowest BCUT2D eigenvalue weighted by molar-refractivity contribution is -0.0485. The Bertz CT molecular complexity index is 498. The van der Waals surface area contributed by atoms with E-state index >= 15 is 0 Å². The Kier molecular flexibility index (Phi) is 4.61. The van der Waals surface area contributed by atoms with Crippen molar-refractivity contribution >= 4 is 5.78 Å². The normalized spacial score (nSPS) is 23.8. The molecule has 0 spiro atoms. The lowest BCUT2D eigenvalue weighted by atomic mass is 9.94. The average molecular weight is 275 g/mol. The molecule has 1 heterocycles. The summed E-state index contributed by atoms with van der Waals surface area (Å²) in [6.45, 7) is 8.46. The summed E-state index contributed by atoms with van der Waals surface area (Å²) in [5, 5.41) is 0. The molecule has 1 unspecified atom stereocenters. The van der Waals surface area contributed by atoms with Gasteiger partial charge in [0.05, 0.1) is 12.1 Å². The monoisotopic (exact) mass is 275 g/mol. The number of hydrogen-bond donors (Lipinski definition) is 0. The highest BCUT2D eigenvalue weighted by Crippen LogP contribution is 2.24. The van der Waals surface area contributed by atoms with Gasteiger partial charge in [-0.05, 0) is 51.8 Å². The first-order valence-corrected chi connectivity index (χ1v) is 7.31. The van der Waals surface area contributed by atoms with E-state index in [1.54, 1.807) is 7.11 Å². The maximum atomic E-state index is 12.5. The Morgan fingerprint density at radius 2 is 2.15 bits per heavy atom. The van der Waals surface area contributed by atoms with Gasteiger partial charge in [0.15, 0.2) is 5.78 Å². The minimum absolute atomic E-state index is 0.111. The van der Waals surface area contributed by atoms with Gasteiger partial charge in [0.2, 0.25) is 0 Å². The van der Waals surface area contributed by atoms with E-state index in [4.69, 9.17) is 4.74 Å². The van der Waals surface area contributed by atoms with E-state index in [1.165, 1.54) is 0 Å². The van der Waals surface area contributed by atoms with Gasteiger partial charge < -0.3 is 4.74 Å². The van der Waals surface area contributed by atoms with Crippen LogP contribution in [0.25, 0.3) is 0 Å². The molecule has 3 heteroatoms. The summed E-state index contributed by atoms with van der Waals surface area (Å²) in [5.74, 6) is 0.214. The fraction of sp³-hybridized carbons (Fsp3) is 0.588. The van der Waals surface area contributed by atoms with E-state index in [9.17, 15) is 4.79 Å². The van der Waals surface area contributed by atoms with Gasteiger partial charge in [-0.15, -0.1) is 0 Å². The van der Waals surface area contributed by atoms with E-state index in [2.05, 4.69) is 17.9 Å². The highest BCUT2D eigenvalue weighted by atomic mass is 16.5. The Labute approximate surface area is 121 Å². The fourth-order valence-electron chi connectivity index (χ4n) is 2.93. The van der Waals surface area contributed by atoms with Crippen LogP contribution in [0.2, 0.25) is 0 Å². The minimum atomic E-state index is -0.111. The third kappa shape index (κ3) is 3.47. The van der Waals surface area contributed by atoms with Gasteiger partial charge in [-0.25, -0.2) is 0 Å². The highest BCUT2D eigenvalue weighted by molar-refractivity contribution is 5.99. The van der Waals surface area contributed by atoms with Crippen molar-refractivity contribution in [2.45, 2.75) is 39.2 Å². The molecule has 1 fully saturated rings. The largest absolute Gasteiger partial charge is 0.377 e. The van der Waals surface area contributed by atoms with Crippen LogP contribution in [0, 0.1) is 13.8 Å². The summed E-state index contributed by atoms with van der Waals surface area (Å²) < 4.78 is 5.59. The Morgan fingerprint density at radius 1 is 1.40 bits per heavy atom. The van der Waals surface area contributed by atoms with Crippen LogP contribution in [0.4, 0.5) is 0 Å². The molecule has 0 amide bonds. The van der Waals surface area contributed by atoms with Crippen LogP contribution in [0.3, 0.4) is 0 Å². The van der Waals surface area contributed by atoms with E-state index in [1.807, 2.05) is 26.0 Å². The lowest BCUT2D eigenvalue weighted by Gasteiger charge is -2.39. The standard InChI is InChI=1S/C17H25NO2/c1-13-6-7-14(2)15(10-13)16(19)11-18-9-5-8-17(3,12-18)20-4/h6-7,10H,5,8-9,11-12H2,1-4H3. The average Bonchev–Trinajstić information content (AvgIpc) is 2.41. The lowest BCUT2D eigenvalue weighted by Crippen LogP contribution is -2.48. The number of carbonyl (C=O) groups excluding carboxylic acids is 1. The molecule has 1 atom stereocenters. The molecule has 3 nitrogen and oxygen atoms in total. The maximum Gasteiger partial charge on any atom is 0.177 e. The molecule has 0 saturated carbocycles. The summed E-state index contributed by atoms with van der Waals surface area (Å²) in [7, 11) is 1.76. The van der Waals surface area contributed by atoms with Crippen molar-refractivity contribution in [3.63, 3.8) is 0 Å². The number of methoxy groups -OCH3 is 1. The zero-order chi connectivity index (χ0) is 14.8. The molecular weight excluding hydrogens is 250 g/mol. The Hall–Kier alpha value is -1.19. The number of ketones is 1. The van der Waals surface area contributed by atoms with Gasteiger partial charge in [0.1, 0.15) is 0 Å². The van der Waals surface area contributed by atoms with Crippen LogP contribution >= 0.6 is 0 Å². The van der Waals surface area contributed by atoms with E-state index in [0.29, 0.717) is 6.54 Å². The first kappa shape index (κ1) is 15.2. The van der Waals surface area contributed by atoms with Crippen molar-refractivity contribution in [1.82, 2.24) is 4.90 Å². The number of nitrogens with zero attached hydrogens (tertiary/aromatic N) is 1. The second-order valence-electron chi connectivity index (χ2n) is 6.21. The summed E-state index contributed by atoms with van der Waals surface area (Å²) in [5.41, 5.74) is 2.95. The zero-order valence-electron chi connectivity index (χ0n) is 13.0. The summed E-state index contributed by atoms with van der Waals surface area (Å²) in [6, 6.07) is 6.07. The van der Waals surface area contributed by atoms with Gasteiger partial charge in [-0.2, -0.15) is 0 Å². The number of carbonyl (C=O) groups is 1. The third-order valence-corrected chi connectivity index (χ3v) is 4.29. The van der Waals surface area contributed by atoms with Crippen molar-refractivity contribution < 1.29 is 9.53 Å². The number of Topliss-reactive ketones (excluding diaryl/α,β-unsaturated/α-hetero) is 1. The number of aryl methyl sites for hydroxylation is 2. The Morgan fingerprint density at radius 3 is 2.85 bits per heavy atom. The van der Waals surface area contributed by atoms with Crippen molar-refractivity contribution in [2.24, 2.45) is 0 Å². The number of likely N-dealkylation sites (tertiary alicyclic amines) is 1. The van der Waals surface area contributed by atoms with Gasteiger partial charge >= 0.3 is 0 Å². The summed E-state index contributed by atoms with van der Waals surface area (Å²) in [4.78, 5) is 14.7. The third-order valence-electron chi connectivity index (χ3n) is 4.29. The molecule has 0 bridgehead atoms. The van der Waals surface area contributed by atoms with Crippen molar-refractivity contribution in [3.05, 3.63) is 34.9 Å². The smallest absolute Gasteiger partial charge is 0.177 e. The number of hydrogen-bond acceptors (Lipinski definition) is 3. The number of ether oxygens (including phenoxy) is 1. The first-order chi connectivity index (χ1) is 9.43. The molecule has 1 saturated heterocycles. The molecular formula is C17H25NO2. The van der Waals surface area contributed by atoms with Gasteiger partial charge in [0.25, 0.3) is 0 Å². The Balaban J connectivity index is 2.06. The summed E-state index contributed by atoms with van der Waals surface area (Å²) >= 11 is 0. The van der Waals surface area contributed by atoms with Crippen LogP contribution in [0.15, 0.2) is 18.2 Å². The second kappa shape index (κ2) is 6.06. The minimum Gasteiger partial charge on any atom is -0.377 e. The van der Waals surface area contributed by atoms with Crippen molar-refractivity contribution in [2.75, 3.05) is 26.7 Å². The molecule has 1 aliphatic heterocycles. The number of piperidine rings is 1. The van der Waals surface area contributed by atoms with E-state index in [0.717, 1.165) is 42.6 Å². The molecule has 1 aromatic rings. The van der Waals surface area contributed by atoms with E-state index < -0.39 is 0 Å². The molecule has 1 aromatic carbocycles. The molecule has 20 heavy (non-hydrogen) atoms. The zero-order valence-corrected chi connectivity index (χ0v) is 13.0. The maximum absolute atomic E-state index is 12.5. The molecule has 2 rings (SSSR count). The van der Waals surface area contributed by atoms with Crippen molar-refractivity contribution in [1.29, 1.82) is 0 Å². The SMILES string of the molecule is COC1(C)CCCN(CC(=O)c2cc(C)ccc2C)C1. The molecule has 1 aliphatic rings. The molecule has 110 valence electrons. The first-order valence-electron chi connectivity index (χ1n) is 7.31. The van der Waals surface area contributed by atoms with Crippen LogP contribution in [-0.2, 0) is 4.74 Å². The van der Waals surface area contributed by atoms with Crippen LogP contribution in [0.5, 0.6) is 0 Å². The predicted molar refractivity (Wildman–Crippen MR) is 81.3 cm³/mol. The van der Waals surface area contributed by atoms with E-state index in [-0.39, 0.29) is 11.4 Å². The topological polar surface area (TPSA) is 29.5 Å². The number of benzene rings is 1. The predicted octanol–water partition coefficient (Wildman–Crippen LogP) is 2.99. The molecule has 0 radical (unpaired) electrons. The highest BCUT2D eigenvalue weighted by Gasteiger charge is 2.31. The van der Waals surface area contributed by atoms with Gasteiger partial charge in [0, 0.05) is 19.2 Å². The molecule has 0 N–H and O–H groups in total. The van der Waals surface area contributed by atoms with Crippen LogP contribution in [0.1, 0.15) is 41.3 Å². The van der Waals surface area contributed by atoms with Gasteiger partial charge in [-0.3, -0.25) is 9.69 Å². The summed E-state index contributed by atoms with van der Waals surface area (Å²) in [6.07, 6.45) is 2.15. The number of rotatable bonds is 4. The van der Waals surface area contributed by atoms with Crippen LogP contribution < -0.4 is 0 Å².